The Hall–Kier alpha value is -1.77. The van der Waals surface area contributed by atoms with Gasteiger partial charge in [0.1, 0.15) is 0 Å². The van der Waals surface area contributed by atoms with Crippen molar-refractivity contribution in [1.82, 2.24) is 4.98 Å². The van der Waals surface area contributed by atoms with Crippen molar-refractivity contribution in [3.05, 3.63) is 30.5 Å². The minimum atomic E-state index is 0.560. The molecule has 1 fully saturated rings. The molecule has 1 aromatic heterocycles. The smallest absolute Gasteiger partial charge is 0.0951 e. The van der Waals surface area contributed by atoms with E-state index in [1.54, 1.807) is 0 Å². The quantitative estimate of drug-likeness (QED) is 0.634. The van der Waals surface area contributed by atoms with Crippen molar-refractivity contribution in [2.45, 2.75) is 45.1 Å². The fraction of sp³-hybridized carbons (Fsp3) is 0.471. The third kappa shape index (κ3) is 2.58. The van der Waals surface area contributed by atoms with Crippen LogP contribution in [0.1, 0.15) is 39.0 Å². The molecule has 0 aliphatic heterocycles. The van der Waals surface area contributed by atoms with Crippen molar-refractivity contribution >= 4 is 22.3 Å². The summed E-state index contributed by atoms with van der Waals surface area (Å²) in [7, 11) is 0. The Balaban J connectivity index is 1.92. The Labute approximate surface area is 120 Å². The van der Waals surface area contributed by atoms with E-state index in [1.807, 2.05) is 18.3 Å². The molecule has 1 heterocycles. The van der Waals surface area contributed by atoms with Crippen molar-refractivity contribution in [2.75, 3.05) is 11.1 Å². The van der Waals surface area contributed by atoms with Crippen LogP contribution in [0, 0.1) is 5.92 Å². The Bertz CT molecular complexity index is 594. The summed E-state index contributed by atoms with van der Waals surface area (Å²) in [5.74, 6) is 0.724. The lowest BCUT2D eigenvalue weighted by Crippen LogP contribution is -2.26. The van der Waals surface area contributed by atoms with Gasteiger partial charge in [0, 0.05) is 23.3 Å². The normalized spacial score (nSPS) is 23.4. The summed E-state index contributed by atoms with van der Waals surface area (Å²) in [5, 5.41) is 4.87. The zero-order valence-corrected chi connectivity index (χ0v) is 12.1. The minimum Gasteiger partial charge on any atom is -0.397 e. The highest BCUT2D eigenvalue weighted by Crippen LogP contribution is 2.30. The van der Waals surface area contributed by atoms with E-state index in [9.17, 15) is 0 Å². The molecule has 3 heteroatoms. The van der Waals surface area contributed by atoms with Crippen molar-refractivity contribution in [3.63, 3.8) is 0 Å². The van der Waals surface area contributed by atoms with E-state index >= 15 is 0 Å². The number of benzene rings is 1. The highest BCUT2D eigenvalue weighted by Gasteiger charge is 2.20. The molecule has 0 saturated heterocycles. The summed E-state index contributed by atoms with van der Waals surface area (Å²) in [6, 6.07) is 8.64. The summed E-state index contributed by atoms with van der Waals surface area (Å²) in [6.07, 6.45) is 8.49. The number of nitrogens with one attached hydrogen (secondary N) is 1. The number of nitrogen functional groups attached to an aromatic ring is 1. The maximum Gasteiger partial charge on any atom is 0.0951 e. The number of pyridine rings is 1. The molecule has 1 aliphatic rings. The molecule has 2 aromatic rings. The molecule has 1 aromatic carbocycles. The molecule has 3 N–H and O–H groups in total. The third-order valence-electron chi connectivity index (χ3n) is 4.50. The number of aromatic nitrogens is 1. The molecule has 0 amide bonds. The lowest BCUT2D eigenvalue weighted by Gasteiger charge is -2.24. The van der Waals surface area contributed by atoms with Crippen LogP contribution < -0.4 is 11.1 Å². The fourth-order valence-electron chi connectivity index (χ4n) is 3.23. The molecule has 20 heavy (non-hydrogen) atoms. The first-order chi connectivity index (χ1) is 9.75. The van der Waals surface area contributed by atoms with Crippen molar-refractivity contribution in [1.29, 1.82) is 0 Å². The van der Waals surface area contributed by atoms with Gasteiger partial charge in [-0.2, -0.15) is 0 Å². The zero-order valence-electron chi connectivity index (χ0n) is 12.1. The number of nitrogens with zero attached hydrogens (tertiary/aromatic N) is 1. The van der Waals surface area contributed by atoms with E-state index in [2.05, 4.69) is 29.4 Å². The number of nitrogens with two attached hydrogens (primary N) is 1. The van der Waals surface area contributed by atoms with Crippen molar-refractivity contribution in [3.8, 4) is 0 Å². The summed E-state index contributed by atoms with van der Waals surface area (Å²) in [6.45, 7) is 2.36. The van der Waals surface area contributed by atoms with Gasteiger partial charge in [-0.25, -0.2) is 0 Å². The second-order valence-corrected chi connectivity index (χ2v) is 5.97. The average Bonchev–Trinajstić information content (AvgIpc) is 2.65. The topological polar surface area (TPSA) is 50.9 Å². The number of anilines is 2. The van der Waals surface area contributed by atoms with Gasteiger partial charge >= 0.3 is 0 Å². The van der Waals surface area contributed by atoms with Gasteiger partial charge in [-0.3, -0.25) is 4.98 Å². The first-order valence-electron chi connectivity index (χ1n) is 7.65. The Morgan fingerprint density at radius 2 is 2.00 bits per heavy atom. The molecule has 106 valence electrons. The summed E-state index contributed by atoms with van der Waals surface area (Å²) in [4.78, 5) is 4.41. The van der Waals surface area contributed by atoms with Crippen LogP contribution in [0.3, 0.4) is 0 Å². The highest BCUT2D eigenvalue weighted by atomic mass is 14.9. The molecule has 2 atom stereocenters. The van der Waals surface area contributed by atoms with Gasteiger partial charge in [-0.15, -0.1) is 0 Å². The van der Waals surface area contributed by atoms with E-state index < -0.39 is 0 Å². The van der Waals surface area contributed by atoms with Gasteiger partial charge < -0.3 is 11.1 Å². The molecule has 2 unspecified atom stereocenters. The highest BCUT2D eigenvalue weighted by molar-refractivity contribution is 5.97. The van der Waals surface area contributed by atoms with Crippen molar-refractivity contribution < 1.29 is 0 Å². The van der Waals surface area contributed by atoms with Crippen LogP contribution in [0.4, 0.5) is 11.4 Å². The van der Waals surface area contributed by atoms with Crippen LogP contribution in [-0.4, -0.2) is 11.0 Å². The average molecular weight is 269 g/mol. The second-order valence-electron chi connectivity index (χ2n) is 5.97. The van der Waals surface area contributed by atoms with Crippen LogP contribution in [-0.2, 0) is 0 Å². The number of hydrogen-bond acceptors (Lipinski definition) is 3. The van der Waals surface area contributed by atoms with E-state index in [4.69, 9.17) is 5.73 Å². The van der Waals surface area contributed by atoms with Crippen LogP contribution in [0.15, 0.2) is 30.5 Å². The molecule has 3 nitrogen and oxygen atoms in total. The molecule has 0 radical (unpaired) electrons. The van der Waals surface area contributed by atoms with E-state index in [-0.39, 0.29) is 0 Å². The zero-order chi connectivity index (χ0) is 13.9. The molecule has 0 bridgehead atoms. The van der Waals surface area contributed by atoms with E-state index in [1.165, 1.54) is 37.8 Å². The van der Waals surface area contributed by atoms with Crippen LogP contribution >= 0.6 is 0 Å². The first kappa shape index (κ1) is 13.2. The molecule has 0 spiro atoms. The Kier molecular flexibility index (Phi) is 3.77. The van der Waals surface area contributed by atoms with Crippen LogP contribution in [0.2, 0.25) is 0 Å². The van der Waals surface area contributed by atoms with Crippen LogP contribution in [0.5, 0.6) is 0 Å². The summed E-state index contributed by atoms with van der Waals surface area (Å²) < 4.78 is 0. The van der Waals surface area contributed by atoms with E-state index in [0.29, 0.717) is 6.04 Å². The van der Waals surface area contributed by atoms with Crippen molar-refractivity contribution in [2.24, 2.45) is 5.92 Å². The maximum absolute atomic E-state index is 6.02. The number of rotatable bonds is 2. The van der Waals surface area contributed by atoms with Gasteiger partial charge in [0.15, 0.2) is 0 Å². The summed E-state index contributed by atoms with van der Waals surface area (Å²) in [5.41, 5.74) is 8.84. The van der Waals surface area contributed by atoms with Crippen LogP contribution in [0.25, 0.3) is 10.9 Å². The second kappa shape index (κ2) is 5.70. The van der Waals surface area contributed by atoms with Gasteiger partial charge in [0.25, 0.3) is 0 Å². The summed E-state index contributed by atoms with van der Waals surface area (Å²) >= 11 is 0. The van der Waals surface area contributed by atoms with Gasteiger partial charge in [0.2, 0.25) is 0 Å². The van der Waals surface area contributed by atoms with Gasteiger partial charge in [-0.05, 0) is 30.9 Å². The molecule has 3 rings (SSSR count). The predicted molar refractivity (Wildman–Crippen MR) is 85.8 cm³/mol. The van der Waals surface area contributed by atoms with Gasteiger partial charge in [0.05, 0.1) is 11.2 Å². The third-order valence-corrected chi connectivity index (χ3v) is 4.50. The lowest BCUT2D eigenvalue weighted by atomic mass is 9.96. The standard InChI is InChI=1S/C17H23N3/c1-12-6-3-2-4-9-15(12)20-16-10-11-19-17-13(16)7-5-8-14(17)18/h5,7-8,10-12,15H,2-4,6,9,18H2,1H3,(H,19,20). The largest absolute Gasteiger partial charge is 0.397 e. The molecular formula is C17H23N3. The number of hydrogen-bond donors (Lipinski definition) is 2. The minimum absolute atomic E-state index is 0.560. The SMILES string of the molecule is CC1CCCCCC1Nc1ccnc2c(N)cccc12. The van der Waals surface area contributed by atoms with E-state index in [0.717, 1.165) is 22.5 Å². The molecular weight excluding hydrogens is 246 g/mol. The molecule has 1 aliphatic carbocycles. The monoisotopic (exact) mass is 269 g/mol. The maximum atomic E-state index is 6.02. The first-order valence-corrected chi connectivity index (χ1v) is 7.65. The van der Waals surface area contributed by atoms with Gasteiger partial charge in [-0.1, -0.05) is 38.3 Å². The number of fused-ring (bicyclic) bond motifs is 1. The predicted octanol–water partition coefficient (Wildman–Crippen LogP) is 4.20. The Morgan fingerprint density at radius 3 is 2.90 bits per heavy atom. The molecule has 1 saturated carbocycles. The Morgan fingerprint density at radius 1 is 1.15 bits per heavy atom. The fourth-order valence-corrected chi connectivity index (χ4v) is 3.23. The lowest BCUT2D eigenvalue weighted by molar-refractivity contribution is 0.457. The number of para-hydroxylation sites is 1.